The Bertz CT molecular complexity index is 1100. The molecule has 0 unspecified atom stereocenters. The Morgan fingerprint density at radius 3 is 2.34 bits per heavy atom. The van der Waals surface area contributed by atoms with Crippen LogP contribution >= 0.6 is 0 Å². The topological polar surface area (TPSA) is 61.1 Å². The number of aromatic nitrogens is 3. The third-order valence-corrected chi connectivity index (χ3v) is 4.54. The van der Waals surface area contributed by atoms with Crippen molar-refractivity contribution in [2.45, 2.75) is 13.8 Å². The number of nitrogens with one attached hydrogen (secondary N) is 1. The van der Waals surface area contributed by atoms with E-state index in [0.717, 1.165) is 11.4 Å². The average Bonchev–Trinajstić information content (AvgIpc) is 3.38. The van der Waals surface area contributed by atoms with Gasteiger partial charge in [-0.1, -0.05) is 18.2 Å². The van der Waals surface area contributed by atoms with Crippen LogP contribution in [0.4, 0.5) is 5.69 Å². The lowest BCUT2D eigenvalue weighted by molar-refractivity contribution is 0.102. The van der Waals surface area contributed by atoms with Crippen LogP contribution in [-0.4, -0.2) is 26.9 Å². The Morgan fingerprint density at radius 1 is 1.00 bits per heavy atom. The molecule has 0 bridgehead atoms. The first kappa shape index (κ1) is 18.6. The number of amides is 1. The van der Waals surface area contributed by atoms with E-state index in [1.54, 1.807) is 4.68 Å². The number of rotatable bonds is 6. The molecule has 4 rings (SSSR count). The maximum absolute atomic E-state index is 13.2. The molecule has 1 N–H and O–H groups in total. The molecular formula is C23H22N4O2. The van der Waals surface area contributed by atoms with Crippen molar-refractivity contribution in [3.8, 4) is 17.3 Å². The Labute approximate surface area is 169 Å². The van der Waals surface area contributed by atoms with Crippen LogP contribution in [-0.2, 0) is 0 Å². The molecule has 0 saturated carbocycles. The molecule has 29 heavy (non-hydrogen) atoms. The highest BCUT2D eigenvalue weighted by Gasteiger charge is 2.23. The minimum absolute atomic E-state index is 0.211. The van der Waals surface area contributed by atoms with Crippen LogP contribution in [0.2, 0.25) is 0 Å². The van der Waals surface area contributed by atoms with Crippen LogP contribution < -0.4 is 10.1 Å². The normalized spacial score (nSPS) is 10.7. The zero-order chi connectivity index (χ0) is 20.2. The van der Waals surface area contributed by atoms with E-state index < -0.39 is 0 Å². The molecule has 1 amide bonds. The highest BCUT2D eigenvalue weighted by atomic mass is 16.5. The Kier molecular flexibility index (Phi) is 5.16. The molecular weight excluding hydrogens is 364 g/mol. The van der Waals surface area contributed by atoms with Gasteiger partial charge >= 0.3 is 0 Å². The van der Waals surface area contributed by atoms with Crippen LogP contribution in [0.5, 0.6) is 5.75 Å². The van der Waals surface area contributed by atoms with Gasteiger partial charge in [0.15, 0.2) is 5.82 Å². The molecule has 6 heteroatoms. The standard InChI is InChI=1S/C23H22N4O2/c1-3-29-20-13-11-18(12-14-20)24-22(28)21-17(2)25-27(19-9-5-4-6-10-19)23(21)26-15-7-8-16-26/h4-16H,3H2,1-2H3,(H,24,28). The summed E-state index contributed by atoms with van der Waals surface area (Å²) < 4.78 is 9.16. The van der Waals surface area contributed by atoms with Gasteiger partial charge in [-0.3, -0.25) is 4.79 Å². The number of aryl methyl sites for hydroxylation is 1. The van der Waals surface area contributed by atoms with Crippen molar-refractivity contribution in [1.29, 1.82) is 0 Å². The molecule has 6 nitrogen and oxygen atoms in total. The van der Waals surface area contributed by atoms with Gasteiger partial charge in [-0.2, -0.15) is 5.10 Å². The predicted molar refractivity (Wildman–Crippen MR) is 113 cm³/mol. The predicted octanol–water partition coefficient (Wildman–Crippen LogP) is 4.62. The summed E-state index contributed by atoms with van der Waals surface area (Å²) >= 11 is 0. The van der Waals surface area contributed by atoms with E-state index in [9.17, 15) is 4.79 Å². The lowest BCUT2D eigenvalue weighted by Crippen LogP contribution is -2.16. The second-order valence-electron chi connectivity index (χ2n) is 6.53. The smallest absolute Gasteiger partial charge is 0.261 e. The zero-order valence-corrected chi connectivity index (χ0v) is 16.4. The molecule has 4 aromatic rings. The van der Waals surface area contributed by atoms with Crippen molar-refractivity contribution in [3.63, 3.8) is 0 Å². The lowest BCUT2D eigenvalue weighted by atomic mass is 10.2. The van der Waals surface area contributed by atoms with Gasteiger partial charge < -0.3 is 14.6 Å². The number of nitrogens with zero attached hydrogens (tertiary/aromatic N) is 3. The molecule has 0 aliphatic carbocycles. The quantitative estimate of drug-likeness (QED) is 0.526. The van der Waals surface area contributed by atoms with Crippen LogP contribution in [0.3, 0.4) is 0 Å². The van der Waals surface area contributed by atoms with Crippen LogP contribution in [0, 0.1) is 6.92 Å². The second kappa shape index (κ2) is 8.06. The lowest BCUT2D eigenvalue weighted by Gasteiger charge is -2.11. The Morgan fingerprint density at radius 2 is 1.69 bits per heavy atom. The maximum Gasteiger partial charge on any atom is 0.261 e. The first-order valence-electron chi connectivity index (χ1n) is 9.50. The van der Waals surface area contributed by atoms with Gasteiger partial charge in [-0.05, 0) is 62.4 Å². The van der Waals surface area contributed by atoms with Crippen LogP contribution in [0.1, 0.15) is 23.0 Å². The van der Waals surface area contributed by atoms with Gasteiger partial charge in [0.25, 0.3) is 5.91 Å². The van der Waals surface area contributed by atoms with Gasteiger partial charge in [0, 0.05) is 18.1 Å². The van der Waals surface area contributed by atoms with E-state index in [-0.39, 0.29) is 5.91 Å². The largest absolute Gasteiger partial charge is 0.494 e. The molecule has 0 aliphatic rings. The average molecular weight is 386 g/mol. The minimum Gasteiger partial charge on any atom is -0.494 e. The van der Waals surface area contributed by atoms with E-state index in [0.29, 0.717) is 29.4 Å². The van der Waals surface area contributed by atoms with Crippen LogP contribution in [0.15, 0.2) is 79.1 Å². The second-order valence-corrected chi connectivity index (χ2v) is 6.53. The van der Waals surface area contributed by atoms with Crippen LogP contribution in [0.25, 0.3) is 11.5 Å². The molecule has 0 fully saturated rings. The van der Waals surface area contributed by atoms with Gasteiger partial charge in [-0.15, -0.1) is 0 Å². The number of hydrogen-bond donors (Lipinski definition) is 1. The van der Waals surface area contributed by atoms with Gasteiger partial charge in [0.1, 0.15) is 11.3 Å². The number of para-hydroxylation sites is 1. The molecule has 0 spiro atoms. The van der Waals surface area contributed by atoms with Gasteiger partial charge in [-0.25, -0.2) is 4.68 Å². The van der Waals surface area contributed by atoms with Crippen molar-refractivity contribution >= 4 is 11.6 Å². The molecule has 0 aliphatic heterocycles. The summed E-state index contributed by atoms with van der Waals surface area (Å²) in [5, 5.41) is 7.63. The number of carbonyl (C=O) groups excluding carboxylic acids is 1. The highest BCUT2D eigenvalue weighted by molar-refractivity contribution is 6.07. The molecule has 0 radical (unpaired) electrons. The molecule has 2 aromatic carbocycles. The fourth-order valence-electron chi connectivity index (χ4n) is 3.24. The van der Waals surface area contributed by atoms with Crippen molar-refractivity contribution in [2.75, 3.05) is 11.9 Å². The van der Waals surface area contributed by atoms with E-state index in [1.165, 1.54) is 0 Å². The maximum atomic E-state index is 13.2. The summed E-state index contributed by atoms with van der Waals surface area (Å²) in [6.07, 6.45) is 3.81. The van der Waals surface area contributed by atoms with Crippen molar-refractivity contribution in [1.82, 2.24) is 14.3 Å². The molecule has 2 heterocycles. The zero-order valence-electron chi connectivity index (χ0n) is 16.4. The van der Waals surface area contributed by atoms with Gasteiger partial charge in [0.2, 0.25) is 0 Å². The summed E-state index contributed by atoms with van der Waals surface area (Å²) in [6, 6.07) is 21.0. The highest BCUT2D eigenvalue weighted by Crippen LogP contribution is 2.24. The Balaban J connectivity index is 1.73. The first-order valence-corrected chi connectivity index (χ1v) is 9.50. The number of carbonyl (C=O) groups is 1. The fraction of sp³-hybridized carbons (Fsp3) is 0.130. The summed E-state index contributed by atoms with van der Waals surface area (Å²) in [4.78, 5) is 13.2. The number of anilines is 1. The molecule has 2 aromatic heterocycles. The monoisotopic (exact) mass is 386 g/mol. The summed E-state index contributed by atoms with van der Waals surface area (Å²) in [6.45, 7) is 4.38. The Hall–Kier alpha value is -3.80. The van der Waals surface area contributed by atoms with E-state index in [2.05, 4.69) is 10.4 Å². The minimum atomic E-state index is -0.211. The molecule has 0 atom stereocenters. The third-order valence-electron chi connectivity index (χ3n) is 4.54. The molecule has 146 valence electrons. The van der Waals surface area contributed by atoms with E-state index >= 15 is 0 Å². The summed E-state index contributed by atoms with van der Waals surface area (Å²) in [5.74, 6) is 1.26. The fourth-order valence-corrected chi connectivity index (χ4v) is 3.24. The number of hydrogen-bond acceptors (Lipinski definition) is 3. The van der Waals surface area contributed by atoms with Crippen molar-refractivity contribution in [3.05, 3.63) is 90.4 Å². The van der Waals surface area contributed by atoms with Crippen molar-refractivity contribution in [2.24, 2.45) is 0 Å². The molecule has 0 saturated heterocycles. The number of benzene rings is 2. The first-order chi connectivity index (χ1) is 14.2. The summed E-state index contributed by atoms with van der Waals surface area (Å²) in [5.41, 5.74) is 2.77. The van der Waals surface area contributed by atoms with Crippen molar-refractivity contribution < 1.29 is 9.53 Å². The number of ether oxygens (including phenoxy) is 1. The van der Waals surface area contributed by atoms with E-state index in [4.69, 9.17) is 4.74 Å². The third kappa shape index (κ3) is 3.78. The SMILES string of the molecule is CCOc1ccc(NC(=O)c2c(C)nn(-c3ccccc3)c2-n2cccc2)cc1. The summed E-state index contributed by atoms with van der Waals surface area (Å²) in [7, 11) is 0. The van der Waals surface area contributed by atoms with Gasteiger partial charge in [0.05, 0.1) is 18.0 Å². The van der Waals surface area contributed by atoms with E-state index in [1.807, 2.05) is 97.5 Å².